The third kappa shape index (κ3) is 3.90. The van der Waals surface area contributed by atoms with Crippen molar-refractivity contribution in [3.63, 3.8) is 0 Å². The molecule has 182 valence electrons. The van der Waals surface area contributed by atoms with Gasteiger partial charge in [-0.15, -0.1) is 5.10 Å². The SMILES string of the molecule is CCNc1nc(NC2CC2)c2c(n1)N1CCCC1CN(c1cccc(-c3nn(C)c(=O)o3)c1)C2=O. The van der Waals surface area contributed by atoms with E-state index in [1.165, 1.54) is 0 Å². The highest BCUT2D eigenvalue weighted by Crippen LogP contribution is 2.39. The summed E-state index contributed by atoms with van der Waals surface area (Å²) < 4.78 is 6.43. The molecule has 3 aliphatic rings. The summed E-state index contributed by atoms with van der Waals surface area (Å²) in [5, 5.41) is 10.9. The van der Waals surface area contributed by atoms with Crippen LogP contribution in [-0.4, -0.2) is 57.4 Å². The van der Waals surface area contributed by atoms with Crippen molar-refractivity contribution in [3.8, 4) is 11.5 Å². The van der Waals surface area contributed by atoms with Crippen LogP contribution >= 0.6 is 0 Å². The van der Waals surface area contributed by atoms with Crippen LogP contribution in [0, 0.1) is 0 Å². The Kier molecular flexibility index (Phi) is 5.19. The predicted octanol–water partition coefficient (Wildman–Crippen LogP) is 2.47. The minimum atomic E-state index is -0.531. The molecule has 0 spiro atoms. The molecule has 1 aliphatic carbocycles. The zero-order chi connectivity index (χ0) is 24.1. The number of nitrogens with one attached hydrogen (secondary N) is 2. The Morgan fingerprint density at radius 3 is 2.77 bits per heavy atom. The van der Waals surface area contributed by atoms with Crippen molar-refractivity contribution in [2.24, 2.45) is 7.05 Å². The van der Waals surface area contributed by atoms with Gasteiger partial charge < -0.3 is 24.9 Å². The lowest BCUT2D eigenvalue weighted by atomic mass is 10.1. The highest BCUT2D eigenvalue weighted by Gasteiger charge is 2.40. The number of rotatable bonds is 6. The van der Waals surface area contributed by atoms with E-state index in [4.69, 9.17) is 14.4 Å². The standard InChI is InChI=1S/C24H28N8O3/c1-3-25-23-27-19(26-15-9-10-15)18-20(28-23)31-11-5-8-17(31)13-32(22(18)33)16-7-4-6-14(12-16)21-29-30(2)24(34)35-21/h4,6-7,12,15,17H,3,5,8-11,13H2,1-2H3,(H2,25,26,27,28). The number of aromatic nitrogens is 4. The molecule has 11 heteroatoms. The largest absolute Gasteiger partial charge is 0.437 e. The summed E-state index contributed by atoms with van der Waals surface area (Å²) in [6.45, 7) is 4.08. The van der Waals surface area contributed by atoms with Crippen LogP contribution in [0.2, 0.25) is 0 Å². The Labute approximate surface area is 202 Å². The Morgan fingerprint density at radius 1 is 1.17 bits per heavy atom. The van der Waals surface area contributed by atoms with Crippen LogP contribution < -0.4 is 26.2 Å². The van der Waals surface area contributed by atoms with E-state index in [2.05, 4.69) is 20.6 Å². The Hall–Kier alpha value is -3.89. The Balaban J connectivity index is 1.46. The fraction of sp³-hybridized carbons (Fsp3) is 0.458. The van der Waals surface area contributed by atoms with Gasteiger partial charge in [0, 0.05) is 50.0 Å². The molecule has 0 radical (unpaired) electrons. The van der Waals surface area contributed by atoms with Gasteiger partial charge in [-0.1, -0.05) is 6.07 Å². The van der Waals surface area contributed by atoms with E-state index in [-0.39, 0.29) is 17.8 Å². The van der Waals surface area contributed by atoms with E-state index in [9.17, 15) is 9.59 Å². The van der Waals surface area contributed by atoms with Gasteiger partial charge in [-0.05, 0) is 50.8 Å². The molecule has 35 heavy (non-hydrogen) atoms. The predicted molar refractivity (Wildman–Crippen MR) is 132 cm³/mol. The molecule has 11 nitrogen and oxygen atoms in total. The van der Waals surface area contributed by atoms with E-state index < -0.39 is 5.76 Å². The van der Waals surface area contributed by atoms with Gasteiger partial charge in [-0.2, -0.15) is 14.6 Å². The highest BCUT2D eigenvalue weighted by atomic mass is 16.4. The minimum absolute atomic E-state index is 0.139. The van der Waals surface area contributed by atoms with Crippen LogP contribution in [0.25, 0.3) is 11.5 Å². The second-order valence-corrected chi connectivity index (χ2v) is 9.30. The smallest absolute Gasteiger partial charge is 0.388 e. The first-order valence-corrected chi connectivity index (χ1v) is 12.2. The molecule has 1 amide bonds. The van der Waals surface area contributed by atoms with Crippen LogP contribution in [0.3, 0.4) is 0 Å². The number of benzene rings is 1. The van der Waals surface area contributed by atoms with Gasteiger partial charge in [0.15, 0.2) is 0 Å². The maximum Gasteiger partial charge on any atom is 0.437 e. The van der Waals surface area contributed by atoms with E-state index in [1.807, 2.05) is 31.2 Å². The number of carbonyl (C=O) groups excluding carboxylic acids is 1. The zero-order valence-electron chi connectivity index (χ0n) is 19.8. The molecule has 6 rings (SSSR count). The lowest BCUT2D eigenvalue weighted by molar-refractivity contribution is 0.0989. The van der Waals surface area contributed by atoms with Crippen molar-refractivity contribution >= 4 is 29.2 Å². The van der Waals surface area contributed by atoms with E-state index in [0.717, 1.165) is 36.9 Å². The Bertz CT molecular complexity index is 1340. The second kappa shape index (κ2) is 8.40. The van der Waals surface area contributed by atoms with Crippen molar-refractivity contribution in [3.05, 3.63) is 40.4 Å². The summed E-state index contributed by atoms with van der Waals surface area (Å²) in [6, 6.07) is 7.88. The van der Waals surface area contributed by atoms with Crippen molar-refractivity contribution in [1.29, 1.82) is 0 Å². The number of amides is 1. The summed E-state index contributed by atoms with van der Waals surface area (Å²) >= 11 is 0. The van der Waals surface area contributed by atoms with Gasteiger partial charge in [0.2, 0.25) is 11.8 Å². The van der Waals surface area contributed by atoms with Gasteiger partial charge >= 0.3 is 5.76 Å². The summed E-state index contributed by atoms with van der Waals surface area (Å²) in [4.78, 5) is 39.5. The van der Waals surface area contributed by atoms with Crippen molar-refractivity contribution < 1.29 is 9.21 Å². The molecule has 0 bridgehead atoms. The van der Waals surface area contributed by atoms with Crippen molar-refractivity contribution in [2.75, 3.05) is 40.1 Å². The van der Waals surface area contributed by atoms with Crippen LogP contribution in [-0.2, 0) is 7.05 Å². The number of hydrogen-bond acceptors (Lipinski definition) is 9. The van der Waals surface area contributed by atoms with Gasteiger partial charge in [0.05, 0.1) is 0 Å². The monoisotopic (exact) mass is 476 g/mol. The second-order valence-electron chi connectivity index (χ2n) is 9.30. The first-order valence-electron chi connectivity index (χ1n) is 12.2. The molecule has 3 aromatic rings. The summed E-state index contributed by atoms with van der Waals surface area (Å²) in [7, 11) is 1.54. The van der Waals surface area contributed by atoms with Gasteiger partial charge in [0.25, 0.3) is 5.91 Å². The van der Waals surface area contributed by atoms with Gasteiger partial charge in [-0.3, -0.25) is 4.79 Å². The van der Waals surface area contributed by atoms with Crippen molar-refractivity contribution in [2.45, 2.75) is 44.7 Å². The average Bonchev–Trinajstić information content (AvgIpc) is 3.46. The first-order chi connectivity index (χ1) is 17.0. The number of hydrogen-bond donors (Lipinski definition) is 2. The van der Waals surface area contributed by atoms with Crippen LogP contribution in [0.15, 0.2) is 33.5 Å². The maximum atomic E-state index is 14.1. The quantitative estimate of drug-likeness (QED) is 0.552. The van der Waals surface area contributed by atoms with E-state index in [1.54, 1.807) is 11.9 Å². The molecular formula is C24H28N8O3. The summed E-state index contributed by atoms with van der Waals surface area (Å²) in [5.74, 6) is 1.37. The number of fused-ring (bicyclic) bond motifs is 3. The number of carbonyl (C=O) groups is 1. The first kappa shape index (κ1) is 21.6. The molecule has 1 saturated carbocycles. The summed E-state index contributed by atoms with van der Waals surface area (Å²) in [6.07, 6.45) is 4.15. The third-order valence-electron chi connectivity index (χ3n) is 6.74. The normalized spacial score (nSPS) is 19.4. The molecule has 1 atom stereocenters. The molecule has 1 aromatic carbocycles. The fourth-order valence-corrected chi connectivity index (χ4v) is 4.84. The van der Waals surface area contributed by atoms with E-state index >= 15 is 0 Å². The number of anilines is 4. The fourth-order valence-electron chi connectivity index (χ4n) is 4.84. The molecule has 2 aliphatic heterocycles. The van der Waals surface area contributed by atoms with Crippen LogP contribution in [0.5, 0.6) is 0 Å². The minimum Gasteiger partial charge on any atom is -0.388 e. The van der Waals surface area contributed by atoms with E-state index in [0.29, 0.717) is 53.5 Å². The average molecular weight is 477 g/mol. The van der Waals surface area contributed by atoms with Gasteiger partial charge in [0.1, 0.15) is 17.2 Å². The Morgan fingerprint density at radius 2 is 2.03 bits per heavy atom. The zero-order valence-corrected chi connectivity index (χ0v) is 19.8. The number of aryl methyl sites for hydroxylation is 1. The van der Waals surface area contributed by atoms with Crippen molar-refractivity contribution in [1.82, 2.24) is 19.7 Å². The number of nitrogens with zero attached hydrogens (tertiary/aromatic N) is 6. The summed E-state index contributed by atoms with van der Waals surface area (Å²) in [5.41, 5.74) is 1.86. The molecule has 1 unspecified atom stereocenters. The molecule has 2 aromatic heterocycles. The lowest BCUT2D eigenvalue weighted by Crippen LogP contribution is -2.39. The molecular weight excluding hydrogens is 448 g/mol. The third-order valence-corrected chi connectivity index (χ3v) is 6.74. The highest BCUT2D eigenvalue weighted by molar-refractivity contribution is 6.13. The van der Waals surface area contributed by atoms with Gasteiger partial charge in [-0.25, -0.2) is 4.79 Å². The topological polar surface area (TPSA) is 121 Å². The molecule has 4 heterocycles. The van der Waals surface area contributed by atoms with Crippen LogP contribution in [0.1, 0.15) is 43.0 Å². The molecule has 2 N–H and O–H groups in total. The van der Waals surface area contributed by atoms with Crippen LogP contribution in [0.4, 0.5) is 23.3 Å². The lowest BCUT2D eigenvalue weighted by Gasteiger charge is -2.27. The molecule has 2 fully saturated rings. The molecule has 1 saturated heterocycles. The maximum absolute atomic E-state index is 14.1.